The van der Waals surface area contributed by atoms with Crippen molar-refractivity contribution in [3.63, 3.8) is 0 Å². The van der Waals surface area contributed by atoms with Crippen LogP contribution in [0, 0.1) is 23.7 Å². The van der Waals surface area contributed by atoms with Gasteiger partial charge in [0.15, 0.2) is 0 Å². The van der Waals surface area contributed by atoms with Crippen molar-refractivity contribution < 1.29 is 0 Å². The minimum atomic E-state index is 0.822. The maximum absolute atomic E-state index is 3.46. The maximum Gasteiger partial charge on any atom is 0.00669 e. The summed E-state index contributed by atoms with van der Waals surface area (Å²) in [5, 5.41) is 3.46. The van der Waals surface area contributed by atoms with Crippen LogP contribution in [0.3, 0.4) is 0 Å². The normalized spacial score (nSPS) is 47.0. The topological polar surface area (TPSA) is 12.0 Å². The first kappa shape index (κ1) is 11.4. The number of hydrogen-bond acceptors (Lipinski definition) is 1. The van der Waals surface area contributed by atoms with Gasteiger partial charge in [0.05, 0.1) is 0 Å². The Morgan fingerprint density at radius 3 is 2.00 bits per heavy atom. The molecule has 1 N–H and O–H groups in total. The summed E-state index contributed by atoms with van der Waals surface area (Å²) in [6, 6.07) is 0.822. The fourth-order valence-corrected chi connectivity index (χ4v) is 4.10. The lowest BCUT2D eigenvalue weighted by Gasteiger charge is -2.35. The third kappa shape index (κ3) is 2.75. The third-order valence-corrected chi connectivity index (χ3v) is 4.76. The Morgan fingerprint density at radius 1 is 0.800 bits per heavy atom. The Labute approximate surface area is 95.0 Å². The zero-order chi connectivity index (χ0) is 10.8. The molecule has 0 heterocycles. The highest BCUT2D eigenvalue weighted by Gasteiger charge is 2.34. The first-order chi connectivity index (χ1) is 7.19. The Balaban J connectivity index is 1.88. The molecule has 0 amide bonds. The zero-order valence-electron chi connectivity index (χ0n) is 10.6. The number of hydrogen-bond donors (Lipinski definition) is 1. The van der Waals surface area contributed by atoms with Crippen LogP contribution in [0.4, 0.5) is 0 Å². The lowest BCUT2D eigenvalue weighted by atomic mass is 9.71. The molecule has 0 spiro atoms. The van der Waals surface area contributed by atoms with Gasteiger partial charge >= 0.3 is 0 Å². The van der Waals surface area contributed by atoms with Crippen LogP contribution in [0.2, 0.25) is 0 Å². The highest BCUT2D eigenvalue weighted by molar-refractivity contribution is 4.87. The van der Waals surface area contributed by atoms with Gasteiger partial charge in [-0.2, -0.15) is 0 Å². The molecule has 1 nitrogen and oxygen atoms in total. The molecule has 4 atom stereocenters. The Hall–Kier alpha value is -0.0400. The fraction of sp³-hybridized carbons (Fsp3) is 1.00. The lowest BCUT2D eigenvalue weighted by molar-refractivity contribution is 0.161. The maximum atomic E-state index is 3.46. The minimum Gasteiger partial charge on any atom is -0.317 e. The molecule has 15 heavy (non-hydrogen) atoms. The Kier molecular flexibility index (Phi) is 3.71. The molecule has 0 aromatic carbocycles. The van der Waals surface area contributed by atoms with Crippen molar-refractivity contribution in [3.8, 4) is 0 Å². The van der Waals surface area contributed by atoms with E-state index < -0.39 is 0 Å². The van der Waals surface area contributed by atoms with Crippen LogP contribution in [-0.2, 0) is 0 Å². The van der Waals surface area contributed by atoms with Crippen LogP contribution < -0.4 is 5.32 Å². The lowest BCUT2D eigenvalue weighted by Crippen LogP contribution is -2.27. The van der Waals surface area contributed by atoms with Crippen LogP contribution >= 0.6 is 0 Å². The van der Waals surface area contributed by atoms with Gasteiger partial charge in [0, 0.05) is 6.04 Å². The van der Waals surface area contributed by atoms with E-state index in [2.05, 4.69) is 26.2 Å². The van der Waals surface area contributed by atoms with Crippen molar-refractivity contribution in [2.75, 3.05) is 7.05 Å². The van der Waals surface area contributed by atoms with Crippen LogP contribution in [0.1, 0.15) is 52.4 Å². The van der Waals surface area contributed by atoms with Gasteiger partial charge in [-0.05, 0) is 69.2 Å². The SMILES string of the molecule is CNC1CCC(C2CC(C)CC(C)C2)C1. The van der Waals surface area contributed by atoms with E-state index in [1.165, 1.54) is 38.5 Å². The van der Waals surface area contributed by atoms with Crippen molar-refractivity contribution in [2.45, 2.75) is 58.4 Å². The molecule has 0 aromatic heterocycles. The predicted octanol–water partition coefficient (Wildman–Crippen LogP) is 3.45. The first-order valence-corrected chi connectivity index (χ1v) is 6.86. The Morgan fingerprint density at radius 2 is 1.47 bits per heavy atom. The van der Waals surface area contributed by atoms with Crippen molar-refractivity contribution >= 4 is 0 Å². The summed E-state index contributed by atoms with van der Waals surface area (Å²) in [6.45, 7) is 4.90. The molecule has 4 unspecified atom stereocenters. The smallest absolute Gasteiger partial charge is 0.00669 e. The fourth-order valence-electron chi connectivity index (χ4n) is 4.10. The predicted molar refractivity (Wildman–Crippen MR) is 65.9 cm³/mol. The zero-order valence-corrected chi connectivity index (χ0v) is 10.6. The molecule has 0 bridgehead atoms. The summed E-state index contributed by atoms with van der Waals surface area (Å²) in [5.74, 6) is 4.04. The van der Waals surface area contributed by atoms with Gasteiger partial charge in [-0.15, -0.1) is 0 Å². The molecular weight excluding hydrogens is 182 g/mol. The minimum absolute atomic E-state index is 0.822. The van der Waals surface area contributed by atoms with Gasteiger partial charge < -0.3 is 5.32 Å². The van der Waals surface area contributed by atoms with Gasteiger partial charge in [-0.1, -0.05) is 13.8 Å². The molecule has 1 heteroatoms. The molecule has 0 radical (unpaired) electrons. The van der Waals surface area contributed by atoms with Crippen molar-refractivity contribution in [2.24, 2.45) is 23.7 Å². The van der Waals surface area contributed by atoms with Gasteiger partial charge in [0.2, 0.25) is 0 Å². The van der Waals surface area contributed by atoms with E-state index in [-0.39, 0.29) is 0 Å². The van der Waals surface area contributed by atoms with E-state index >= 15 is 0 Å². The molecule has 2 saturated carbocycles. The van der Waals surface area contributed by atoms with Gasteiger partial charge in [-0.3, -0.25) is 0 Å². The summed E-state index contributed by atoms with van der Waals surface area (Å²) in [4.78, 5) is 0. The van der Waals surface area contributed by atoms with E-state index in [1.807, 2.05) is 0 Å². The second-order valence-corrected chi connectivity index (χ2v) is 6.24. The van der Waals surface area contributed by atoms with Gasteiger partial charge in [0.25, 0.3) is 0 Å². The van der Waals surface area contributed by atoms with Crippen molar-refractivity contribution in [3.05, 3.63) is 0 Å². The van der Waals surface area contributed by atoms with Crippen LogP contribution in [-0.4, -0.2) is 13.1 Å². The highest BCUT2D eigenvalue weighted by atomic mass is 14.9. The quantitative estimate of drug-likeness (QED) is 0.734. The average molecular weight is 209 g/mol. The van der Waals surface area contributed by atoms with E-state index in [4.69, 9.17) is 0 Å². The summed E-state index contributed by atoms with van der Waals surface area (Å²) in [6.07, 6.45) is 8.83. The second kappa shape index (κ2) is 4.86. The monoisotopic (exact) mass is 209 g/mol. The molecule has 2 fully saturated rings. The second-order valence-electron chi connectivity index (χ2n) is 6.24. The largest absolute Gasteiger partial charge is 0.317 e. The molecule has 0 saturated heterocycles. The van der Waals surface area contributed by atoms with Gasteiger partial charge in [0.1, 0.15) is 0 Å². The molecule has 2 aliphatic carbocycles. The molecule has 2 aliphatic rings. The molecular formula is C14H27N. The standard InChI is InChI=1S/C14H27N/c1-10-6-11(2)8-13(7-10)12-4-5-14(9-12)15-3/h10-15H,4-9H2,1-3H3. The summed E-state index contributed by atoms with van der Waals surface area (Å²) in [7, 11) is 2.12. The van der Waals surface area contributed by atoms with Crippen LogP contribution in [0.25, 0.3) is 0 Å². The van der Waals surface area contributed by atoms with E-state index in [0.717, 1.165) is 29.7 Å². The first-order valence-electron chi connectivity index (χ1n) is 6.86. The molecule has 2 rings (SSSR count). The molecule has 0 aromatic rings. The third-order valence-electron chi connectivity index (χ3n) is 4.76. The van der Waals surface area contributed by atoms with E-state index in [0.29, 0.717) is 0 Å². The van der Waals surface area contributed by atoms with Gasteiger partial charge in [-0.25, -0.2) is 0 Å². The average Bonchev–Trinajstić information content (AvgIpc) is 2.64. The van der Waals surface area contributed by atoms with E-state index in [1.54, 1.807) is 0 Å². The van der Waals surface area contributed by atoms with Crippen LogP contribution in [0.15, 0.2) is 0 Å². The summed E-state index contributed by atoms with van der Waals surface area (Å²) >= 11 is 0. The Bertz CT molecular complexity index is 192. The molecule has 88 valence electrons. The van der Waals surface area contributed by atoms with E-state index in [9.17, 15) is 0 Å². The van der Waals surface area contributed by atoms with Crippen molar-refractivity contribution in [1.29, 1.82) is 0 Å². The summed E-state index contributed by atoms with van der Waals surface area (Å²) in [5.41, 5.74) is 0. The summed E-state index contributed by atoms with van der Waals surface area (Å²) < 4.78 is 0. The molecule has 0 aliphatic heterocycles. The highest BCUT2D eigenvalue weighted by Crippen LogP contribution is 2.42. The van der Waals surface area contributed by atoms with Crippen LogP contribution in [0.5, 0.6) is 0 Å². The number of nitrogens with one attached hydrogen (secondary N) is 1. The van der Waals surface area contributed by atoms with Crippen molar-refractivity contribution in [1.82, 2.24) is 5.32 Å². The number of rotatable bonds is 2.